The number of likely N-dealkylation sites (N-methyl/N-ethyl adjacent to an activating group) is 1. The van der Waals surface area contributed by atoms with Gasteiger partial charge in [-0.2, -0.15) is 0 Å². The number of amides is 1. The molecule has 1 amide bonds. The van der Waals surface area contributed by atoms with Crippen LogP contribution < -0.4 is 19.7 Å². The maximum atomic E-state index is 12.3. The third-order valence-electron chi connectivity index (χ3n) is 3.72. The van der Waals surface area contributed by atoms with Crippen LogP contribution in [0, 0.1) is 0 Å². The molecule has 0 heterocycles. The zero-order chi connectivity index (χ0) is 19.1. The number of ether oxygens (including phenoxy) is 2. The standard InChI is InChI=1S/C19H22Cl2N2O3/c1-4-26-16-9-8-13(10-17(16)25-3)11-23(2)12-18(24)22-19-14(20)6-5-7-15(19)21/h5-10H,4,11-12H2,1-3H3,(H,22,24)/p+1. The van der Waals surface area contributed by atoms with Crippen LogP contribution in [-0.4, -0.2) is 33.2 Å². The molecule has 2 rings (SSSR count). The number of halogens is 2. The lowest BCUT2D eigenvalue weighted by Gasteiger charge is -2.16. The Balaban J connectivity index is 1.97. The van der Waals surface area contributed by atoms with E-state index in [1.165, 1.54) is 0 Å². The van der Waals surface area contributed by atoms with Crippen molar-refractivity contribution in [3.05, 3.63) is 52.0 Å². The van der Waals surface area contributed by atoms with Gasteiger partial charge in [0.05, 0.1) is 36.5 Å². The van der Waals surface area contributed by atoms with E-state index in [1.54, 1.807) is 25.3 Å². The number of quaternary nitrogens is 1. The SMILES string of the molecule is CCOc1ccc(C[NH+](C)CC(=O)Nc2c(Cl)cccc2Cl)cc1OC. The van der Waals surface area contributed by atoms with E-state index in [0.29, 0.717) is 40.4 Å². The number of hydrogen-bond acceptors (Lipinski definition) is 3. The molecule has 0 bridgehead atoms. The van der Waals surface area contributed by atoms with Gasteiger partial charge in [-0.25, -0.2) is 0 Å². The van der Waals surface area contributed by atoms with Gasteiger partial charge in [0.15, 0.2) is 18.0 Å². The Morgan fingerprint density at radius 2 is 1.85 bits per heavy atom. The fraction of sp³-hybridized carbons (Fsp3) is 0.316. The number of hydrogen-bond donors (Lipinski definition) is 2. The van der Waals surface area contributed by atoms with Gasteiger partial charge in [-0.05, 0) is 37.3 Å². The molecule has 5 nitrogen and oxygen atoms in total. The molecule has 1 atom stereocenters. The summed E-state index contributed by atoms with van der Waals surface area (Å²) >= 11 is 12.2. The normalized spacial score (nSPS) is 11.7. The van der Waals surface area contributed by atoms with Crippen LogP contribution in [0.2, 0.25) is 10.0 Å². The molecule has 0 saturated heterocycles. The summed E-state index contributed by atoms with van der Waals surface area (Å²) in [5.74, 6) is 1.24. The predicted molar refractivity (Wildman–Crippen MR) is 105 cm³/mol. The van der Waals surface area contributed by atoms with Gasteiger partial charge >= 0.3 is 0 Å². The largest absolute Gasteiger partial charge is 0.493 e. The molecule has 0 spiro atoms. The number of rotatable bonds is 8. The Kier molecular flexibility index (Phi) is 7.57. The zero-order valence-electron chi connectivity index (χ0n) is 15.1. The van der Waals surface area contributed by atoms with Crippen LogP contribution in [0.1, 0.15) is 12.5 Å². The summed E-state index contributed by atoms with van der Waals surface area (Å²) in [5.41, 5.74) is 1.49. The van der Waals surface area contributed by atoms with Gasteiger partial charge in [-0.1, -0.05) is 29.3 Å². The molecule has 2 N–H and O–H groups in total. The van der Waals surface area contributed by atoms with E-state index in [-0.39, 0.29) is 12.5 Å². The van der Waals surface area contributed by atoms with E-state index in [9.17, 15) is 4.79 Å². The summed E-state index contributed by atoms with van der Waals surface area (Å²) < 4.78 is 10.9. The van der Waals surface area contributed by atoms with E-state index in [4.69, 9.17) is 32.7 Å². The van der Waals surface area contributed by atoms with Gasteiger partial charge in [0.25, 0.3) is 5.91 Å². The van der Waals surface area contributed by atoms with Crippen LogP contribution >= 0.6 is 23.2 Å². The van der Waals surface area contributed by atoms with E-state index in [0.717, 1.165) is 10.5 Å². The molecule has 26 heavy (non-hydrogen) atoms. The first kappa shape index (κ1) is 20.4. The summed E-state index contributed by atoms with van der Waals surface area (Å²) in [6, 6.07) is 10.9. The molecule has 0 saturated carbocycles. The highest BCUT2D eigenvalue weighted by atomic mass is 35.5. The first-order valence-electron chi connectivity index (χ1n) is 8.29. The molecule has 0 aromatic heterocycles. The molecular formula is C19H23Cl2N2O3+. The number of nitrogens with one attached hydrogen (secondary N) is 2. The van der Waals surface area contributed by atoms with Crippen LogP contribution in [0.3, 0.4) is 0 Å². The average Bonchev–Trinajstić information content (AvgIpc) is 2.59. The second-order valence-electron chi connectivity index (χ2n) is 5.87. The van der Waals surface area contributed by atoms with Gasteiger partial charge in [0.1, 0.15) is 6.54 Å². The average molecular weight is 398 g/mol. The van der Waals surface area contributed by atoms with Crippen molar-refractivity contribution in [3.8, 4) is 11.5 Å². The molecule has 0 radical (unpaired) electrons. The Labute approximate surface area is 163 Å². The predicted octanol–water partition coefficient (Wildman–Crippen LogP) is 3.05. The molecule has 0 aliphatic heterocycles. The number of carbonyl (C=O) groups is 1. The molecule has 140 valence electrons. The number of anilines is 1. The van der Waals surface area contributed by atoms with E-state index < -0.39 is 0 Å². The van der Waals surface area contributed by atoms with Crippen molar-refractivity contribution in [1.29, 1.82) is 0 Å². The van der Waals surface area contributed by atoms with Crippen molar-refractivity contribution in [3.63, 3.8) is 0 Å². The second kappa shape index (κ2) is 9.67. The summed E-state index contributed by atoms with van der Waals surface area (Å²) in [5, 5.41) is 3.61. The maximum absolute atomic E-state index is 12.3. The summed E-state index contributed by atoms with van der Waals surface area (Å²) in [7, 11) is 3.55. The van der Waals surface area contributed by atoms with Crippen molar-refractivity contribution < 1.29 is 19.2 Å². The Morgan fingerprint density at radius 1 is 1.15 bits per heavy atom. The highest BCUT2D eigenvalue weighted by Gasteiger charge is 2.15. The summed E-state index contributed by atoms with van der Waals surface area (Å²) in [6.45, 7) is 3.43. The lowest BCUT2D eigenvalue weighted by molar-refractivity contribution is -0.885. The summed E-state index contributed by atoms with van der Waals surface area (Å²) in [4.78, 5) is 13.3. The molecule has 7 heteroatoms. The topological polar surface area (TPSA) is 52.0 Å². The molecule has 0 aliphatic carbocycles. The molecular weight excluding hydrogens is 375 g/mol. The minimum atomic E-state index is -0.157. The van der Waals surface area contributed by atoms with Gasteiger partial charge < -0.3 is 19.7 Å². The highest BCUT2D eigenvalue weighted by molar-refractivity contribution is 6.39. The molecule has 1 unspecified atom stereocenters. The second-order valence-corrected chi connectivity index (χ2v) is 6.69. The number of carbonyl (C=O) groups excluding carboxylic acids is 1. The quantitative estimate of drug-likeness (QED) is 0.719. The molecule has 2 aromatic rings. The number of para-hydroxylation sites is 1. The zero-order valence-corrected chi connectivity index (χ0v) is 16.6. The molecule has 2 aromatic carbocycles. The molecule has 0 fully saturated rings. The fourth-order valence-corrected chi connectivity index (χ4v) is 3.07. The smallest absolute Gasteiger partial charge is 0.279 e. The monoisotopic (exact) mass is 397 g/mol. The van der Waals surface area contributed by atoms with Crippen molar-refractivity contribution >= 4 is 34.8 Å². The van der Waals surface area contributed by atoms with Crippen LogP contribution in [0.5, 0.6) is 11.5 Å². The minimum Gasteiger partial charge on any atom is -0.493 e. The highest BCUT2D eigenvalue weighted by Crippen LogP contribution is 2.29. The fourth-order valence-electron chi connectivity index (χ4n) is 2.58. The third kappa shape index (κ3) is 5.53. The van der Waals surface area contributed by atoms with Gasteiger partial charge in [-0.15, -0.1) is 0 Å². The lowest BCUT2D eigenvalue weighted by atomic mass is 10.2. The lowest BCUT2D eigenvalue weighted by Crippen LogP contribution is -3.08. The van der Waals surface area contributed by atoms with Crippen molar-refractivity contribution in [1.82, 2.24) is 0 Å². The Bertz CT molecular complexity index is 748. The third-order valence-corrected chi connectivity index (χ3v) is 4.35. The van der Waals surface area contributed by atoms with Crippen molar-refractivity contribution in [2.45, 2.75) is 13.5 Å². The Morgan fingerprint density at radius 3 is 2.46 bits per heavy atom. The van der Waals surface area contributed by atoms with Crippen LogP contribution in [0.4, 0.5) is 5.69 Å². The van der Waals surface area contributed by atoms with Crippen LogP contribution in [0.25, 0.3) is 0 Å². The van der Waals surface area contributed by atoms with Gasteiger partial charge in [0, 0.05) is 5.56 Å². The van der Waals surface area contributed by atoms with E-state index in [1.807, 2.05) is 32.2 Å². The first-order valence-corrected chi connectivity index (χ1v) is 9.05. The molecule has 0 aliphatic rings. The van der Waals surface area contributed by atoms with Crippen molar-refractivity contribution in [2.75, 3.05) is 32.6 Å². The number of benzene rings is 2. The summed E-state index contributed by atoms with van der Waals surface area (Å²) in [6.07, 6.45) is 0. The van der Waals surface area contributed by atoms with Crippen molar-refractivity contribution in [2.24, 2.45) is 0 Å². The van der Waals surface area contributed by atoms with E-state index in [2.05, 4.69) is 5.32 Å². The first-order chi connectivity index (χ1) is 12.4. The van der Waals surface area contributed by atoms with Gasteiger partial charge in [-0.3, -0.25) is 4.79 Å². The minimum absolute atomic E-state index is 0.157. The number of methoxy groups -OCH3 is 1. The Hall–Kier alpha value is -1.95. The van der Waals surface area contributed by atoms with E-state index >= 15 is 0 Å². The van der Waals surface area contributed by atoms with Crippen LogP contribution in [0.15, 0.2) is 36.4 Å². The van der Waals surface area contributed by atoms with Gasteiger partial charge in [0.2, 0.25) is 0 Å². The van der Waals surface area contributed by atoms with Crippen LogP contribution in [-0.2, 0) is 11.3 Å². The maximum Gasteiger partial charge on any atom is 0.279 e.